The summed E-state index contributed by atoms with van der Waals surface area (Å²) in [7, 11) is -3.86. The Kier molecular flexibility index (Phi) is 5.95. The minimum atomic E-state index is -4.76. The zero-order valence-corrected chi connectivity index (χ0v) is 19.6. The van der Waals surface area contributed by atoms with Crippen LogP contribution in [0, 0.1) is 5.92 Å². The number of hydrogen-bond acceptors (Lipinski definition) is 5. The van der Waals surface area contributed by atoms with Gasteiger partial charge in [0.15, 0.2) is 0 Å². The fourth-order valence-electron chi connectivity index (χ4n) is 5.68. The SMILES string of the molecule is O=C(O)C1Cc2cccc(S(=O)(=O)N3C4CCCC3CN(c3ccc(OC(F)(F)F)cc3)C4)c2C1. The summed E-state index contributed by atoms with van der Waals surface area (Å²) in [5.74, 6) is -1.86. The van der Waals surface area contributed by atoms with Gasteiger partial charge in [-0.1, -0.05) is 18.6 Å². The predicted octanol–water partition coefficient (Wildman–Crippen LogP) is 3.82. The molecular weight excluding hydrogens is 485 g/mol. The van der Waals surface area contributed by atoms with E-state index in [4.69, 9.17) is 0 Å². The van der Waals surface area contributed by atoms with Gasteiger partial charge in [0.05, 0.1) is 10.8 Å². The second-order valence-corrected chi connectivity index (χ2v) is 11.2. The normalized spacial score (nSPS) is 24.8. The van der Waals surface area contributed by atoms with Crippen molar-refractivity contribution in [2.75, 3.05) is 18.0 Å². The topological polar surface area (TPSA) is 87.1 Å². The molecule has 2 aromatic carbocycles. The van der Waals surface area contributed by atoms with Crippen molar-refractivity contribution in [3.63, 3.8) is 0 Å². The van der Waals surface area contributed by atoms with Crippen LogP contribution in [0.3, 0.4) is 0 Å². The van der Waals surface area contributed by atoms with Crippen molar-refractivity contribution < 1.29 is 36.2 Å². The van der Waals surface area contributed by atoms with Gasteiger partial charge < -0.3 is 14.7 Å². The number of rotatable bonds is 5. The van der Waals surface area contributed by atoms with E-state index in [9.17, 15) is 31.5 Å². The molecular formula is C24H25F3N2O5S. The lowest BCUT2D eigenvalue weighted by molar-refractivity contribution is -0.274. The van der Waals surface area contributed by atoms with Gasteiger partial charge in [0, 0.05) is 30.9 Å². The van der Waals surface area contributed by atoms with E-state index in [-0.39, 0.29) is 29.1 Å². The molecule has 0 aromatic heterocycles. The maximum absolute atomic E-state index is 13.9. The third kappa shape index (κ3) is 4.58. The van der Waals surface area contributed by atoms with Crippen LogP contribution in [-0.4, -0.2) is 55.3 Å². The molecule has 188 valence electrons. The highest BCUT2D eigenvalue weighted by Gasteiger charge is 2.46. The number of nitrogens with zero attached hydrogens (tertiary/aromatic N) is 2. The summed E-state index contributed by atoms with van der Waals surface area (Å²) in [6, 6.07) is 10.1. The molecule has 2 fully saturated rings. The smallest absolute Gasteiger partial charge is 0.481 e. The van der Waals surface area contributed by atoms with Gasteiger partial charge in [0.2, 0.25) is 10.0 Å². The molecule has 35 heavy (non-hydrogen) atoms. The highest BCUT2D eigenvalue weighted by Crippen LogP contribution is 2.39. The van der Waals surface area contributed by atoms with Crippen molar-refractivity contribution in [1.82, 2.24) is 4.31 Å². The number of aliphatic carboxylic acids is 1. The molecule has 2 bridgehead atoms. The fourth-order valence-corrected chi connectivity index (χ4v) is 7.81. The molecule has 0 amide bonds. The van der Waals surface area contributed by atoms with Crippen LogP contribution in [0.2, 0.25) is 0 Å². The van der Waals surface area contributed by atoms with Crippen LogP contribution < -0.4 is 9.64 Å². The van der Waals surface area contributed by atoms with E-state index in [0.29, 0.717) is 43.6 Å². The second-order valence-electron chi connectivity index (χ2n) is 9.36. The monoisotopic (exact) mass is 510 g/mol. The molecule has 3 atom stereocenters. The number of sulfonamides is 1. The van der Waals surface area contributed by atoms with E-state index in [1.54, 1.807) is 34.6 Å². The minimum Gasteiger partial charge on any atom is -0.481 e. The van der Waals surface area contributed by atoms with Gasteiger partial charge in [-0.25, -0.2) is 8.42 Å². The summed E-state index contributed by atoms with van der Waals surface area (Å²) in [5, 5.41) is 9.44. The van der Waals surface area contributed by atoms with Crippen LogP contribution in [0.25, 0.3) is 0 Å². The lowest BCUT2D eigenvalue weighted by Crippen LogP contribution is -2.62. The quantitative estimate of drug-likeness (QED) is 0.658. The van der Waals surface area contributed by atoms with Gasteiger partial charge in [0.25, 0.3) is 0 Å². The zero-order chi connectivity index (χ0) is 25.0. The predicted molar refractivity (Wildman–Crippen MR) is 121 cm³/mol. The Morgan fingerprint density at radius 3 is 2.26 bits per heavy atom. The molecule has 0 radical (unpaired) electrons. The summed E-state index contributed by atoms with van der Waals surface area (Å²) in [6.07, 6.45) is -2.00. The first-order chi connectivity index (χ1) is 16.5. The molecule has 2 aliphatic heterocycles. The fraction of sp³-hybridized carbons (Fsp3) is 0.458. The molecule has 1 aliphatic carbocycles. The van der Waals surface area contributed by atoms with Gasteiger partial charge in [-0.05, 0) is 67.1 Å². The Balaban J connectivity index is 1.39. The Morgan fingerprint density at radius 2 is 1.66 bits per heavy atom. The van der Waals surface area contributed by atoms with Gasteiger partial charge in [-0.3, -0.25) is 4.79 Å². The number of benzene rings is 2. The lowest BCUT2D eigenvalue weighted by atomic mass is 9.94. The Labute approximate surface area is 201 Å². The van der Waals surface area contributed by atoms with Gasteiger partial charge in [0.1, 0.15) is 5.75 Å². The van der Waals surface area contributed by atoms with Crippen LogP contribution in [0.15, 0.2) is 47.4 Å². The molecule has 11 heteroatoms. The first kappa shape index (κ1) is 23.9. The van der Waals surface area contributed by atoms with Gasteiger partial charge in [-0.2, -0.15) is 4.31 Å². The molecule has 1 N–H and O–H groups in total. The Bertz CT molecular complexity index is 1220. The number of fused-ring (bicyclic) bond motifs is 3. The van der Waals surface area contributed by atoms with E-state index in [1.807, 2.05) is 4.90 Å². The zero-order valence-electron chi connectivity index (χ0n) is 18.7. The van der Waals surface area contributed by atoms with Crippen LogP contribution in [0.5, 0.6) is 5.75 Å². The Morgan fingerprint density at radius 1 is 1.00 bits per heavy atom. The van der Waals surface area contributed by atoms with E-state index in [2.05, 4.69) is 4.74 Å². The number of carboxylic acids is 1. The maximum atomic E-state index is 13.9. The van der Waals surface area contributed by atoms with E-state index in [0.717, 1.165) is 12.0 Å². The third-order valence-electron chi connectivity index (χ3n) is 7.14. The molecule has 0 spiro atoms. The summed E-state index contributed by atoms with van der Waals surface area (Å²) in [6.45, 7) is 0.837. The third-order valence-corrected chi connectivity index (χ3v) is 9.23. The van der Waals surface area contributed by atoms with Crippen LogP contribution >= 0.6 is 0 Å². The molecule has 2 saturated heterocycles. The summed E-state index contributed by atoms with van der Waals surface area (Å²) in [4.78, 5) is 13.7. The Hall–Kier alpha value is -2.79. The van der Waals surface area contributed by atoms with E-state index >= 15 is 0 Å². The standard InChI is InChI=1S/C24H25F3N2O5S/c25-24(26,27)34-20-9-7-17(8-10-20)28-13-18-4-2-5-19(14-28)29(18)35(32,33)22-6-1-3-15-11-16(23(30)31)12-21(15)22/h1,3,6-10,16,18-19H,2,4-5,11-14H2,(H,30,31). The summed E-state index contributed by atoms with van der Waals surface area (Å²) in [5.41, 5.74) is 2.07. The van der Waals surface area contributed by atoms with Crippen molar-refractivity contribution in [3.8, 4) is 5.75 Å². The number of hydrogen-bond donors (Lipinski definition) is 1. The second kappa shape index (κ2) is 8.70. The number of carboxylic acid groups (broad SMARTS) is 1. The van der Waals surface area contributed by atoms with E-state index in [1.165, 1.54) is 12.1 Å². The largest absolute Gasteiger partial charge is 0.573 e. The summed E-state index contributed by atoms with van der Waals surface area (Å²) >= 11 is 0. The molecule has 0 saturated carbocycles. The number of anilines is 1. The van der Waals surface area contributed by atoms with Crippen molar-refractivity contribution >= 4 is 21.7 Å². The number of ether oxygens (including phenoxy) is 1. The first-order valence-corrected chi connectivity index (χ1v) is 12.9. The van der Waals surface area contributed by atoms with Gasteiger partial charge >= 0.3 is 12.3 Å². The summed E-state index contributed by atoms with van der Waals surface area (Å²) < 4.78 is 70.7. The van der Waals surface area contributed by atoms with Gasteiger partial charge in [-0.15, -0.1) is 13.2 Å². The molecule has 2 aromatic rings. The molecule has 5 rings (SSSR count). The number of halogens is 3. The maximum Gasteiger partial charge on any atom is 0.573 e. The van der Waals surface area contributed by atoms with E-state index < -0.39 is 28.3 Å². The average Bonchev–Trinajstić information content (AvgIpc) is 3.22. The number of carbonyl (C=O) groups is 1. The average molecular weight is 511 g/mol. The molecule has 2 heterocycles. The van der Waals surface area contributed by atoms with Crippen molar-refractivity contribution in [2.45, 2.75) is 55.4 Å². The molecule has 7 nitrogen and oxygen atoms in total. The van der Waals surface area contributed by atoms with Crippen molar-refractivity contribution in [2.24, 2.45) is 5.92 Å². The minimum absolute atomic E-state index is 0.192. The molecule has 3 unspecified atom stereocenters. The van der Waals surface area contributed by atoms with Crippen LogP contribution in [0.4, 0.5) is 18.9 Å². The van der Waals surface area contributed by atoms with Crippen molar-refractivity contribution in [1.29, 1.82) is 0 Å². The first-order valence-electron chi connectivity index (χ1n) is 11.5. The van der Waals surface area contributed by atoms with Crippen LogP contribution in [0.1, 0.15) is 30.4 Å². The molecule has 3 aliphatic rings. The highest BCUT2D eigenvalue weighted by molar-refractivity contribution is 7.89. The highest BCUT2D eigenvalue weighted by atomic mass is 32.2. The van der Waals surface area contributed by atoms with Crippen LogP contribution in [-0.2, 0) is 27.7 Å². The number of piperazine rings is 1. The van der Waals surface area contributed by atoms with Crippen molar-refractivity contribution in [3.05, 3.63) is 53.6 Å². The number of piperidine rings is 1. The number of alkyl halides is 3. The lowest BCUT2D eigenvalue weighted by Gasteiger charge is -2.49.